The number of fused-ring (bicyclic) bond motifs is 1. The first kappa shape index (κ1) is 17.1. The van der Waals surface area contributed by atoms with E-state index in [0.29, 0.717) is 28.3 Å². The third-order valence-electron chi connectivity index (χ3n) is 3.77. The number of halogens is 1. The van der Waals surface area contributed by atoms with Crippen LogP contribution in [0, 0.1) is 5.82 Å². The van der Waals surface area contributed by atoms with Crippen molar-refractivity contribution in [1.82, 2.24) is 9.97 Å². The zero-order valence-electron chi connectivity index (χ0n) is 14.2. The standard InChI is InChI=1S/C18H15FN4O3S/c1-27(24,25)23-14-4-2-3-13(9-14)21-18-20-10-17(26-18)16-7-11-5-6-12(19)8-15(11)22-16/h2-10,22-23H,1H3,(H,20,21). The van der Waals surface area contributed by atoms with Crippen molar-refractivity contribution in [2.75, 3.05) is 16.3 Å². The first-order valence-electron chi connectivity index (χ1n) is 7.95. The predicted octanol–water partition coefficient (Wildman–Crippen LogP) is 4.08. The Morgan fingerprint density at radius 2 is 1.93 bits per heavy atom. The molecule has 4 aromatic rings. The van der Waals surface area contributed by atoms with Crippen LogP contribution in [0.1, 0.15) is 0 Å². The second-order valence-corrected chi connectivity index (χ2v) is 7.77. The minimum absolute atomic E-state index is 0.242. The molecule has 9 heteroatoms. The van der Waals surface area contributed by atoms with Crippen molar-refractivity contribution in [1.29, 1.82) is 0 Å². The van der Waals surface area contributed by atoms with Crippen LogP contribution in [0.15, 0.2) is 59.1 Å². The SMILES string of the molecule is CS(=O)(=O)Nc1cccc(Nc2ncc(-c3cc4ccc(F)cc4[nH]3)o2)c1. The predicted molar refractivity (Wildman–Crippen MR) is 102 cm³/mol. The summed E-state index contributed by atoms with van der Waals surface area (Å²) in [7, 11) is -3.36. The van der Waals surface area contributed by atoms with Gasteiger partial charge in [-0.3, -0.25) is 4.72 Å². The lowest BCUT2D eigenvalue weighted by Gasteiger charge is -2.06. The maximum atomic E-state index is 13.3. The van der Waals surface area contributed by atoms with Crippen LogP contribution < -0.4 is 10.0 Å². The molecule has 0 fully saturated rings. The van der Waals surface area contributed by atoms with Crippen molar-refractivity contribution >= 4 is 38.3 Å². The van der Waals surface area contributed by atoms with Crippen molar-refractivity contribution in [3.05, 3.63) is 60.5 Å². The minimum atomic E-state index is -3.36. The number of aromatic nitrogens is 2. The van der Waals surface area contributed by atoms with Crippen molar-refractivity contribution in [3.63, 3.8) is 0 Å². The summed E-state index contributed by atoms with van der Waals surface area (Å²) in [5.41, 5.74) is 2.36. The quantitative estimate of drug-likeness (QED) is 0.480. The Morgan fingerprint density at radius 3 is 2.74 bits per heavy atom. The zero-order chi connectivity index (χ0) is 19.0. The maximum Gasteiger partial charge on any atom is 0.299 e. The molecule has 2 aromatic heterocycles. The molecule has 7 nitrogen and oxygen atoms in total. The van der Waals surface area contributed by atoms with Gasteiger partial charge in [0.05, 0.1) is 23.8 Å². The van der Waals surface area contributed by atoms with Gasteiger partial charge in [0, 0.05) is 16.6 Å². The Morgan fingerprint density at radius 1 is 1.11 bits per heavy atom. The Bertz CT molecular complexity index is 1230. The van der Waals surface area contributed by atoms with E-state index in [0.717, 1.165) is 11.6 Å². The lowest BCUT2D eigenvalue weighted by atomic mass is 10.2. The molecule has 0 saturated carbocycles. The number of hydrogen-bond donors (Lipinski definition) is 3. The van der Waals surface area contributed by atoms with Crippen molar-refractivity contribution in [3.8, 4) is 11.5 Å². The van der Waals surface area contributed by atoms with Crippen molar-refractivity contribution in [2.24, 2.45) is 0 Å². The Kier molecular flexibility index (Phi) is 4.08. The van der Waals surface area contributed by atoms with Gasteiger partial charge in [0.15, 0.2) is 5.76 Å². The number of rotatable bonds is 5. The van der Waals surface area contributed by atoms with Crippen LogP contribution in [0.4, 0.5) is 21.8 Å². The smallest absolute Gasteiger partial charge is 0.299 e. The normalized spacial score (nSPS) is 11.6. The highest BCUT2D eigenvalue weighted by atomic mass is 32.2. The van der Waals surface area contributed by atoms with Crippen LogP contribution in [0.3, 0.4) is 0 Å². The summed E-state index contributed by atoms with van der Waals surface area (Å²) in [5, 5.41) is 3.83. The molecule has 0 amide bonds. The lowest BCUT2D eigenvalue weighted by Crippen LogP contribution is -2.09. The minimum Gasteiger partial charge on any atom is -0.422 e. The maximum absolute atomic E-state index is 13.3. The molecule has 0 spiro atoms. The van der Waals surface area contributed by atoms with Crippen LogP contribution in [0.2, 0.25) is 0 Å². The summed E-state index contributed by atoms with van der Waals surface area (Å²) < 4.78 is 44.1. The number of nitrogens with zero attached hydrogens (tertiary/aromatic N) is 1. The van der Waals surface area contributed by atoms with E-state index in [2.05, 4.69) is 20.0 Å². The highest BCUT2D eigenvalue weighted by Crippen LogP contribution is 2.28. The second kappa shape index (κ2) is 6.44. The second-order valence-electron chi connectivity index (χ2n) is 6.02. The number of oxazole rings is 1. The molecule has 0 unspecified atom stereocenters. The highest BCUT2D eigenvalue weighted by Gasteiger charge is 2.11. The topological polar surface area (TPSA) is 100 Å². The zero-order valence-corrected chi connectivity index (χ0v) is 15.0. The summed E-state index contributed by atoms with van der Waals surface area (Å²) in [6.45, 7) is 0. The van der Waals surface area contributed by atoms with Gasteiger partial charge >= 0.3 is 0 Å². The molecule has 138 valence electrons. The van der Waals surface area contributed by atoms with Crippen LogP contribution in [-0.4, -0.2) is 24.6 Å². The molecule has 0 aliphatic carbocycles. The van der Waals surface area contributed by atoms with Gasteiger partial charge in [-0.2, -0.15) is 0 Å². The number of hydrogen-bond acceptors (Lipinski definition) is 5. The summed E-state index contributed by atoms with van der Waals surface area (Å²) >= 11 is 0. The Hall–Kier alpha value is -3.33. The number of H-pyrrole nitrogens is 1. The van der Waals surface area contributed by atoms with Gasteiger partial charge in [-0.25, -0.2) is 17.8 Å². The monoisotopic (exact) mass is 386 g/mol. The fraction of sp³-hybridized carbons (Fsp3) is 0.0556. The van der Waals surface area contributed by atoms with Gasteiger partial charge in [-0.15, -0.1) is 0 Å². The average Bonchev–Trinajstić information content (AvgIpc) is 3.19. The number of nitrogens with one attached hydrogen (secondary N) is 3. The van der Waals surface area contributed by atoms with Gasteiger partial charge in [-0.05, 0) is 42.5 Å². The molecule has 3 N–H and O–H groups in total. The number of sulfonamides is 1. The van der Waals surface area contributed by atoms with Crippen molar-refractivity contribution in [2.45, 2.75) is 0 Å². The lowest BCUT2D eigenvalue weighted by molar-refractivity contribution is 0.590. The van der Waals surface area contributed by atoms with Gasteiger partial charge in [0.25, 0.3) is 6.01 Å². The summed E-state index contributed by atoms with van der Waals surface area (Å²) in [6, 6.07) is 13.3. The molecule has 0 aliphatic heterocycles. The van der Waals surface area contributed by atoms with Crippen LogP contribution in [0.5, 0.6) is 0 Å². The summed E-state index contributed by atoms with van der Waals surface area (Å²) in [6.07, 6.45) is 2.63. The molecule has 27 heavy (non-hydrogen) atoms. The largest absolute Gasteiger partial charge is 0.422 e. The van der Waals surface area contributed by atoms with E-state index in [-0.39, 0.29) is 11.8 Å². The fourth-order valence-corrected chi connectivity index (χ4v) is 3.24. The van der Waals surface area contributed by atoms with E-state index < -0.39 is 10.0 Å². The van der Waals surface area contributed by atoms with Crippen LogP contribution >= 0.6 is 0 Å². The van der Waals surface area contributed by atoms with Gasteiger partial charge in [0.2, 0.25) is 10.0 Å². The van der Waals surface area contributed by atoms with Crippen molar-refractivity contribution < 1.29 is 17.2 Å². The third-order valence-corrected chi connectivity index (χ3v) is 4.38. The summed E-state index contributed by atoms with van der Waals surface area (Å²) in [5.74, 6) is 0.165. The fourth-order valence-electron chi connectivity index (χ4n) is 2.69. The molecule has 0 aliphatic rings. The molecular weight excluding hydrogens is 371 g/mol. The molecule has 0 saturated heterocycles. The molecule has 2 aromatic carbocycles. The van der Waals surface area contributed by atoms with E-state index >= 15 is 0 Å². The highest BCUT2D eigenvalue weighted by molar-refractivity contribution is 7.92. The molecule has 4 rings (SSSR count). The van der Waals surface area contributed by atoms with E-state index in [9.17, 15) is 12.8 Å². The molecule has 0 radical (unpaired) electrons. The number of anilines is 3. The van der Waals surface area contributed by atoms with Crippen LogP contribution in [0.25, 0.3) is 22.4 Å². The van der Waals surface area contributed by atoms with E-state index in [1.54, 1.807) is 36.5 Å². The van der Waals surface area contributed by atoms with E-state index in [4.69, 9.17) is 4.42 Å². The van der Waals surface area contributed by atoms with E-state index in [1.165, 1.54) is 12.1 Å². The Labute approximate surface area is 154 Å². The van der Waals surface area contributed by atoms with Crippen LogP contribution in [-0.2, 0) is 10.0 Å². The number of benzene rings is 2. The summed E-state index contributed by atoms with van der Waals surface area (Å²) in [4.78, 5) is 7.26. The van der Waals surface area contributed by atoms with Gasteiger partial charge in [0.1, 0.15) is 5.82 Å². The third kappa shape index (κ3) is 3.93. The molecule has 0 bridgehead atoms. The average molecular weight is 386 g/mol. The molecule has 2 heterocycles. The first-order valence-corrected chi connectivity index (χ1v) is 9.84. The molecular formula is C18H15FN4O3S. The van der Waals surface area contributed by atoms with E-state index in [1.807, 2.05) is 6.07 Å². The number of aromatic amines is 1. The van der Waals surface area contributed by atoms with Gasteiger partial charge < -0.3 is 14.7 Å². The Balaban J connectivity index is 1.56. The molecule has 0 atom stereocenters. The first-order chi connectivity index (χ1) is 12.9. The van der Waals surface area contributed by atoms with Gasteiger partial charge in [-0.1, -0.05) is 6.07 Å².